The molecule has 0 aliphatic carbocycles. The predicted octanol–water partition coefficient (Wildman–Crippen LogP) is 1.63. The Morgan fingerprint density at radius 2 is 1.96 bits per heavy atom. The van der Waals surface area contributed by atoms with Gasteiger partial charge in [-0.1, -0.05) is 30.3 Å². The zero-order valence-corrected chi connectivity index (χ0v) is 14.5. The zero-order chi connectivity index (χ0) is 17.6. The standard InChI is InChI=1S/C19H24N4O2/c1-22-10-12-23(13-11-22)9-8-19(25)21-20-14-17-16-5-3-2-4-15(16)6-7-18(17)24/h2-7,14,24H,8-13H2,1H3,(H,21,25)/b20-14+. The number of fused-ring (bicyclic) bond motifs is 1. The van der Waals surface area contributed by atoms with Crippen molar-refractivity contribution in [2.24, 2.45) is 5.10 Å². The van der Waals surface area contributed by atoms with Crippen LogP contribution in [0.15, 0.2) is 41.5 Å². The van der Waals surface area contributed by atoms with Gasteiger partial charge in [-0.2, -0.15) is 5.10 Å². The third kappa shape index (κ3) is 4.55. The molecule has 2 N–H and O–H groups in total. The van der Waals surface area contributed by atoms with E-state index in [0.717, 1.165) is 43.5 Å². The van der Waals surface area contributed by atoms with Crippen molar-refractivity contribution >= 4 is 22.9 Å². The Balaban J connectivity index is 1.54. The van der Waals surface area contributed by atoms with E-state index in [9.17, 15) is 9.90 Å². The number of carbonyl (C=O) groups is 1. The second-order valence-electron chi connectivity index (χ2n) is 6.41. The Bertz CT molecular complexity index is 767. The summed E-state index contributed by atoms with van der Waals surface area (Å²) in [6.07, 6.45) is 1.92. The monoisotopic (exact) mass is 340 g/mol. The highest BCUT2D eigenvalue weighted by atomic mass is 16.3. The number of piperazine rings is 1. The number of hydrogen-bond donors (Lipinski definition) is 2. The topological polar surface area (TPSA) is 68.2 Å². The van der Waals surface area contributed by atoms with E-state index in [0.29, 0.717) is 12.0 Å². The molecule has 25 heavy (non-hydrogen) atoms. The van der Waals surface area contributed by atoms with Crippen LogP contribution in [0.25, 0.3) is 10.8 Å². The maximum atomic E-state index is 12.0. The van der Waals surface area contributed by atoms with Gasteiger partial charge in [0.2, 0.25) is 5.91 Å². The molecule has 1 aliphatic heterocycles. The molecule has 132 valence electrons. The second kappa shape index (κ2) is 8.09. The molecule has 0 saturated carbocycles. The summed E-state index contributed by atoms with van der Waals surface area (Å²) in [5.74, 6) is 0.0315. The van der Waals surface area contributed by atoms with E-state index in [1.807, 2.05) is 30.3 Å². The van der Waals surface area contributed by atoms with Crippen LogP contribution >= 0.6 is 0 Å². The largest absolute Gasteiger partial charge is 0.507 e. The molecule has 2 aromatic rings. The number of nitrogens with zero attached hydrogens (tertiary/aromatic N) is 3. The average Bonchev–Trinajstić information content (AvgIpc) is 2.63. The molecule has 0 atom stereocenters. The maximum Gasteiger partial charge on any atom is 0.241 e. The highest BCUT2D eigenvalue weighted by Gasteiger charge is 2.14. The van der Waals surface area contributed by atoms with Crippen molar-refractivity contribution in [3.63, 3.8) is 0 Å². The van der Waals surface area contributed by atoms with Gasteiger partial charge in [0.1, 0.15) is 5.75 Å². The van der Waals surface area contributed by atoms with Gasteiger partial charge in [-0.25, -0.2) is 5.43 Å². The molecule has 0 unspecified atom stereocenters. The molecule has 1 heterocycles. The summed E-state index contributed by atoms with van der Waals surface area (Å²) < 4.78 is 0. The molecule has 0 radical (unpaired) electrons. The average molecular weight is 340 g/mol. The summed E-state index contributed by atoms with van der Waals surface area (Å²) in [6.45, 7) is 4.82. The third-order valence-electron chi connectivity index (χ3n) is 4.58. The van der Waals surface area contributed by atoms with Crippen molar-refractivity contribution < 1.29 is 9.90 Å². The van der Waals surface area contributed by atoms with E-state index in [4.69, 9.17) is 0 Å². The van der Waals surface area contributed by atoms with Gasteiger partial charge in [-0.05, 0) is 23.9 Å². The lowest BCUT2D eigenvalue weighted by atomic mass is 10.0. The first-order valence-corrected chi connectivity index (χ1v) is 8.57. The molecule has 6 nitrogen and oxygen atoms in total. The summed E-state index contributed by atoms with van der Waals surface area (Å²) in [6, 6.07) is 11.2. The Morgan fingerprint density at radius 1 is 1.20 bits per heavy atom. The van der Waals surface area contributed by atoms with E-state index in [1.54, 1.807) is 6.07 Å². The highest BCUT2D eigenvalue weighted by Crippen LogP contribution is 2.25. The number of likely N-dealkylation sites (N-methyl/N-ethyl adjacent to an activating group) is 1. The number of amides is 1. The first kappa shape index (κ1) is 17.4. The van der Waals surface area contributed by atoms with E-state index in [2.05, 4.69) is 27.4 Å². The molecule has 1 fully saturated rings. The van der Waals surface area contributed by atoms with Gasteiger partial charge >= 0.3 is 0 Å². The number of carbonyl (C=O) groups excluding carboxylic acids is 1. The molecular weight excluding hydrogens is 316 g/mol. The quantitative estimate of drug-likeness (QED) is 0.641. The number of nitrogens with one attached hydrogen (secondary N) is 1. The van der Waals surface area contributed by atoms with Crippen LogP contribution in [0.2, 0.25) is 0 Å². The van der Waals surface area contributed by atoms with Gasteiger partial charge < -0.3 is 14.9 Å². The molecule has 2 aromatic carbocycles. The van der Waals surface area contributed by atoms with Crippen molar-refractivity contribution in [2.45, 2.75) is 6.42 Å². The molecule has 3 rings (SSSR count). The smallest absolute Gasteiger partial charge is 0.241 e. The fourth-order valence-electron chi connectivity index (χ4n) is 2.98. The number of rotatable bonds is 5. The molecule has 1 amide bonds. The lowest BCUT2D eigenvalue weighted by Crippen LogP contribution is -2.45. The number of phenols is 1. The van der Waals surface area contributed by atoms with Crippen molar-refractivity contribution in [3.8, 4) is 5.75 Å². The van der Waals surface area contributed by atoms with Crippen LogP contribution in [-0.4, -0.2) is 66.8 Å². The second-order valence-corrected chi connectivity index (χ2v) is 6.41. The molecule has 0 aromatic heterocycles. The van der Waals surface area contributed by atoms with E-state index in [-0.39, 0.29) is 11.7 Å². The molecule has 0 spiro atoms. The van der Waals surface area contributed by atoms with Crippen LogP contribution in [0.4, 0.5) is 0 Å². The molecule has 0 bridgehead atoms. The Hall–Kier alpha value is -2.44. The van der Waals surface area contributed by atoms with Gasteiger partial charge in [0, 0.05) is 44.7 Å². The first-order valence-electron chi connectivity index (χ1n) is 8.57. The summed E-state index contributed by atoms with van der Waals surface area (Å²) >= 11 is 0. The SMILES string of the molecule is CN1CCN(CCC(=O)N/N=C/c2c(O)ccc3ccccc23)CC1. The van der Waals surface area contributed by atoms with Crippen LogP contribution in [0.3, 0.4) is 0 Å². The van der Waals surface area contributed by atoms with E-state index >= 15 is 0 Å². The molecule has 1 saturated heterocycles. The van der Waals surface area contributed by atoms with Crippen LogP contribution in [0, 0.1) is 0 Å². The predicted molar refractivity (Wildman–Crippen MR) is 99.9 cm³/mol. The minimum absolute atomic E-state index is 0.116. The van der Waals surface area contributed by atoms with Crippen molar-refractivity contribution in [1.29, 1.82) is 0 Å². The zero-order valence-electron chi connectivity index (χ0n) is 14.5. The summed E-state index contributed by atoms with van der Waals surface area (Å²) in [4.78, 5) is 16.5. The van der Waals surface area contributed by atoms with Crippen molar-refractivity contribution in [1.82, 2.24) is 15.2 Å². The van der Waals surface area contributed by atoms with E-state index < -0.39 is 0 Å². The minimum atomic E-state index is -0.116. The summed E-state index contributed by atoms with van der Waals surface area (Å²) in [7, 11) is 2.11. The van der Waals surface area contributed by atoms with Gasteiger partial charge in [-0.15, -0.1) is 0 Å². The van der Waals surface area contributed by atoms with Crippen LogP contribution in [-0.2, 0) is 4.79 Å². The Labute approximate surface area is 147 Å². The van der Waals surface area contributed by atoms with Gasteiger partial charge in [0.15, 0.2) is 0 Å². The molecule has 6 heteroatoms. The molecule has 1 aliphatic rings. The number of hydrogen-bond acceptors (Lipinski definition) is 5. The van der Waals surface area contributed by atoms with Gasteiger partial charge in [0.25, 0.3) is 0 Å². The number of hydrazone groups is 1. The maximum absolute atomic E-state index is 12.0. The number of phenolic OH excluding ortho intramolecular Hbond substituents is 1. The molecular formula is C19H24N4O2. The number of aromatic hydroxyl groups is 1. The van der Waals surface area contributed by atoms with E-state index in [1.165, 1.54) is 6.21 Å². The Kier molecular flexibility index (Phi) is 5.63. The summed E-state index contributed by atoms with van der Waals surface area (Å²) in [5.41, 5.74) is 3.16. The third-order valence-corrected chi connectivity index (χ3v) is 4.58. The summed E-state index contributed by atoms with van der Waals surface area (Å²) in [5, 5.41) is 16.0. The minimum Gasteiger partial charge on any atom is -0.507 e. The first-order chi connectivity index (χ1) is 12.1. The van der Waals surface area contributed by atoms with Gasteiger partial charge in [0.05, 0.1) is 6.21 Å². The fourth-order valence-corrected chi connectivity index (χ4v) is 2.98. The highest BCUT2D eigenvalue weighted by molar-refractivity contribution is 6.02. The van der Waals surface area contributed by atoms with Crippen molar-refractivity contribution in [3.05, 3.63) is 42.0 Å². The fraction of sp³-hybridized carbons (Fsp3) is 0.368. The lowest BCUT2D eigenvalue weighted by molar-refractivity contribution is -0.121. The van der Waals surface area contributed by atoms with Crippen LogP contribution < -0.4 is 5.43 Å². The van der Waals surface area contributed by atoms with Crippen LogP contribution in [0.1, 0.15) is 12.0 Å². The van der Waals surface area contributed by atoms with Crippen LogP contribution in [0.5, 0.6) is 5.75 Å². The van der Waals surface area contributed by atoms with Gasteiger partial charge in [-0.3, -0.25) is 4.79 Å². The number of benzene rings is 2. The lowest BCUT2D eigenvalue weighted by Gasteiger charge is -2.32. The Morgan fingerprint density at radius 3 is 2.76 bits per heavy atom. The van der Waals surface area contributed by atoms with Crippen molar-refractivity contribution in [2.75, 3.05) is 39.8 Å². The normalized spacial score (nSPS) is 16.5.